The minimum Gasteiger partial charge on any atom is -0.347 e. The summed E-state index contributed by atoms with van der Waals surface area (Å²) in [5, 5.41) is 5.48. The minimum atomic E-state index is -0.0799. The Morgan fingerprint density at radius 3 is 2.81 bits per heavy atom. The molecule has 0 aliphatic rings. The number of fused-ring (bicyclic) bond motifs is 1. The normalized spacial score (nSPS) is 10.6. The van der Waals surface area contributed by atoms with E-state index in [1.165, 1.54) is 18.7 Å². The van der Waals surface area contributed by atoms with E-state index in [0.29, 0.717) is 24.0 Å². The van der Waals surface area contributed by atoms with Crippen LogP contribution in [0.1, 0.15) is 13.3 Å². The van der Waals surface area contributed by atoms with E-state index in [1.54, 1.807) is 0 Å². The Balaban J connectivity index is 1.84. The van der Waals surface area contributed by atoms with Gasteiger partial charge in [-0.1, -0.05) is 12.1 Å². The van der Waals surface area contributed by atoms with Crippen LogP contribution in [0.15, 0.2) is 24.3 Å². The number of thioether (sulfide) groups is 1. The van der Waals surface area contributed by atoms with Gasteiger partial charge in [0.2, 0.25) is 17.8 Å². The first kappa shape index (κ1) is 15.4. The van der Waals surface area contributed by atoms with Gasteiger partial charge in [-0.25, -0.2) is 4.98 Å². The molecule has 0 bridgehead atoms. The van der Waals surface area contributed by atoms with Crippen LogP contribution in [0, 0.1) is 0 Å². The van der Waals surface area contributed by atoms with Crippen molar-refractivity contribution < 1.29 is 9.59 Å². The van der Waals surface area contributed by atoms with Gasteiger partial charge in [0.15, 0.2) is 0 Å². The molecule has 2 rings (SSSR count). The lowest BCUT2D eigenvalue weighted by molar-refractivity contribution is -0.118. The molecule has 1 aromatic carbocycles. The average molecular weight is 306 g/mol. The van der Waals surface area contributed by atoms with Gasteiger partial charge in [-0.15, -0.1) is 11.8 Å². The third kappa shape index (κ3) is 4.22. The number of anilines is 1. The molecule has 1 aromatic heterocycles. The zero-order valence-corrected chi connectivity index (χ0v) is 12.9. The zero-order chi connectivity index (χ0) is 15.2. The summed E-state index contributed by atoms with van der Waals surface area (Å²) in [6, 6.07) is 7.73. The first-order chi connectivity index (χ1) is 10.1. The monoisotopic (exact) mass is 306 g/mol. The van der Waals surface area contributed by atoms with Crippen LogP contribution in [-0.4, -0.2) is 33.0 Å². The summed E-state index contributed by atoms with van der Waals surface area (Å²) >= 11 is 1.51. The Morgan fingerprint density at radius 1 is 1.33 bits per heavy atom. The number of hydrogen-bond acceptors (Lipinski definition) is 4. The summed E-state index contributed by atoms with van der Waals surface area (Å²) in [5.41, 5.74) is 1.84. The summed E-state index contributed by atoms with van der Waals surface area (Å²) in [4.78, 5) is 27.0. The van der Waals surface area contributed by atoms with Gasteiger partial charge < -0.3 is 9.88 Å². The fourth-order valence-electron chi connectivity index (χ4n) is 1.83. The van der Waals surface area contributed by atoms with Gasteiger partial charge in [0.05, 0.1) is 16.9 Å². The van der Waals surface area contributed by atoms with E-state index >= 15 is 0 Å². The zero-order valence-electron chi connectivity index (χ0n) is 12.0. The molecule has 2 amide bonds. The lowest BCUT2D eigenvalue weighted by Gasteiger charge is -2.05. The number of nitrogens with zero attached hydrogens (tertiary/aromatic N) is 2. The Bertz CT molecular complexity index is 653. The molecule has 0 atom stereocenters. The number of para-hydroxylation sites is 2. The fourth-order valence-corrected chi connectivity index (χ4v) is 2.61. The Morgan fingerprint density at radius 2 is 2.10 bits per heavy atom. The largest absolute Gasteiger partial charge is 0.347 e. The molecule has 0 aliphatic heterocycles. The number of hydrogen-bond donors (Lipinski definition) is 2. The van der Waals surface area contributed by atoms with Crippen LogP contribution in [-0.2, 0) is 16.6 Å². The van der Waals surface area contributed by atoms with Gasteiger partial charge in [0, 0.05) is 26.1 Å². The van der Waals surface area contributed by atoms with E-state index in [1.807, 2.05) is 35.9 Å². The van der Waals surface area contributed by atoms with E-state index in [2.05, 4.69) is 15.6 Å². The second kappa shape index (κ2) is 7.12. The second-order valence-electron chi connectivity index (χ2n) is 4.57. The van der Waals surface area contributed by atoms with Crippen LogP contribution < -0.4 is 10.6 Å². The molecule has 0 spiro atoms. The molecule has 112 valence electrons. The predicted molar refractivity (Wildman–Crippen MR) is 85.1 cm³/mol. The Labute approximate surface area is 127 Å². The minimum absolute atomic E-state index is 0.0633. The van der Waals surface area contributed by atoms with E-state index < -0.39 is 0 Å². The van der Waals surface area contributed by atoms with Gasteiger partial charge >= 0.3 is 0 Å². The molecule has 0 saturated carbocycles. The number of nitrogens with one attached hydrogen (secondary N) is 2. The quantitative estimate of drug-likeness (QED) is 0.629. The maximum absolute atomic E-state index is 11.9. The Kier molecular flexibility index (Phi) is 5.21. The lowest BCUT2D eigenvalue weighted by atomic mass is 10.3. The highest BCUT2D eigenvalue weighted by molar-refractivity contribution is 7.99. The smallest absolute Gasteiger partial charge is 0.227 e. The average Bonchev–Trinajstić information content (AvgIpc) is 2.75. The molecule has 0 unspecified atom stereocenters. The standard InChI is InChI=1S/C14H18N4O2S/c1-10(19)15-9-21-8-7-13(20)17-14-16-11-5-3-4-6-12(11)18(14)2/h3-6H,7-9H2,1-2H3,(H,15,19)(H,16,17,20). The van der Waals surface area contributed by atoms with Gasteiger partial charge in [-0.2, -0.15) is 0 Å². The summed E-state index contributed by atoms with van der Waals surface area (Å²) in [6.07, 6.45) is 0.382. The summed E-state index contributed by atoms with van der Waals surface area (Å²) in [7, 11) is 1.87. The van der Waals surface area contributed by atoms with Gasteiger partial charge in [0.1, 0.15) is 0 Å². The molecule has 0 aliphatic carbocycles. The highest BCUT2D eigenvalue weighted by Gasteiger charge is 2.10. The van der Waals surface area contributed by atoms with Crippen molar-refractivity contribution >= 4 is 40.6 Å². The number of imidazole rings is 1. The molecule has 2 N–H and O–H groups in total. The molecular formula is C14H18N4O2S. The summed E-state index contributed by atoms with van der Waals surface area (Å²) in [5.74, 6) is 1.58. The van der Waals surface area contributed by atoms with Crippen molar-refractivity contribution in [3.8, 4) is 0 Å². The first-order valence-electron chi connectivity index (χ1n) is 6.61. The Hall–Kier alpha value is -2.02. The van der Waals surface area contributed by atoms with E-state index in [-0.39, 0.29) is 11.8 Å². The summed E-state index contributed by atoms with van der Waals surface area (Å²) < 4.78 is 1.86. The van der Waals surface area contributed by atoms with Gasteiger partial charge in [-0.3, -0.25) is 14.9 Å². The highest BCUT2D eigenvalue weighted by atomic mass is 32.2. The maximum Gasteiger partial charge on any atom is 0.227 e. The second-order valence-corrected chi connectivity index (χ2v) is 5.67. The fraction of sp³-hybridized carbons (Fsp3) is 0.357. The molecule has 21 heavy (non-hydrogen) atoms. The van der Waals surface area contributed by atoms with Crippen LogP contribution in [0.25, 0.3) is 11.0 Å². The maximum atomic E-state index is 11.9. The van der Waals surface area contributed by atoms with Crippen molar-refractivity contribution in [1.82, 2.24) is 14.9 Å². The lowest BCUT2D eigenvalue weighted by Crippen LogP contribution is -2.20. The number of aromatic nitrogens is 2. The number of benzene rings is 1. The molecule has 2 aromatic rings. The number of aryl methyl sites for hydroxylation is 1. The van der Waals surface area contributed by atoms with E-state index in [9.17, 15) is 9.59 Å². The van der Waals surface area contributed by atoms with Crippen molar-refractivity contribution in [3.63, 3.8) is 0 Å². The number of rotatable bonds is 6. The third-order valence-electron chi connectivity index (χ3n) is 2.94. The van der Waals surface area contributed by atoms with Crippen LogP contribution in [0.2, 0.25) is 0 Å². The molecule has 6 nitrogen and oxygen atoms in total. The van der Waals surface area contributed by atoms with Gasteiger partial charge in [0.25, 0.3) is 0 Å². The molecule has 0 saturated heterocycles. The number of carbonyl (C=O) groups is 2. The van der Waals surface area contributed by atoms with Crippen molar-refractivity contribution in [1.29, 1.82) is 0 Å². The molecule has 1 heterocycles. The van der Waals surface area contributed by atoms with E-state index in [0.717, 1.165) is 11.0 Å². The molecule has 7 heteroatoms. The van der Waals surface area contributed by atoms with Crippen LogP contribution in [0.3, 0.4) is 0 Å². The van der Waals surface area contributed by atoms with Crippen LogP contribution in [0.5, 0.6) is 0 Å². The van der Waals surface area contributed by atoms with Crippen LogP contribution in [0.4, 0.5) is 5.95 Å². The molecule has 0 radical (unpaired) electrons. The van der Waals surface area contributed by atoms with Crippen molar-refractivity contribution in [2.45, 2.75) is 13.3 Å². The van der Waals surface area contributed by atoms with E-state index in [4.69, 9.17) is 0 Å². The van der Waals surface area contributed by atoms with Crippen molar-refractivity contribution in [3.05, 3.63) is 24.3 Å². The number of carbonyl (C=O) groups excluding carboxylic acids is 2. The van der Waals surface area contributed by atoms with Crippen LogP contribution >= 0.6 is 11.8 Å². The topological polar surface area (TPSA) is 76.0 Å². The first-order valence-corrected chi connectivity index (χ1v) is 7.77. The number of amides is 2. The molecule has 0 fully saturated rings. The van der Waals surface area contributed by atoms with Crippen molar-refractivity contribution in [2.75, 3.05) is 16.9 Å². The highest BCUT2D eigenvalue weighted by Crippen LogP contribution is 2.17. The molecular weight excluding hydrogens is 288 g/mol. The summed E-state index contributed by atoms with van der Waals surface area (Å²) in [6.45, 7) is 1.47. The van der Waals surface area contributed by atoms with Gasteiger partial charge in [-0.05, 0) is 12.1 Å². The SMILES string of the molecule is CC(=O)NCSCCC(=O)Nc1nc2ccccc2n1C. The van der Waals surface area contributed by atoms with Crippen molar-refractivity contribution in [2.24, 2.45) is 7.05 Å². The third-order valence-corrected chi connectivity index (χ3v) is 3.78. The predicted octanol–water partition coefficient (Wildman–Crippen LogP) is 1.73.